The summed E-state index contributed by atoms with van der Waals surface area (Å²) in [6.45, 7) is 2.85. The fourth-order valence-corrected chi connectivity index (χ4v) is 3.68. The number of piperidine rings is 1. The minimum absolute atomic E-state index is 0.0307. The number of likely N-dealkylation sites (tertiary alicyclic amines) is 2. The zero-order valence-corrected chi connectivity index (χ0v) is 12.3. The van der Waals surface area contributed by atoms with E-state index in [0.717, 1.165) is 25.7 Å². The number of hydrogen-bond acceptors (Lipinski definition) is 3. The summed E-state index contributed by atoms with van der Waals surface area (Å²) in [6, 6.07) is -0.415. The largest absolute Gasteiger partial charge is 0.480 e. The second kappa shape index (κ2) is 5.31. The number of carboxylic acid groups (broad SMARTS) is 1. The van der Waals surface area contributed by atoms with E-state index in [2.05, 4.69) is 0 Å². The van der Waals surface area contributed by atoms with Crippen molar-refractivity contribution >= 4 is 17.8 Å². The van der Waals surface area contributed by atoms with E-state index in [1.807, 2.05) is 11.8 Å². The molecule has 3 unspecified atom stereocenters. The van der Waals surface area contributed by atoms with Gasteiger partial charge in [-0.1, -0.05) is 6.92 Å². The third-order valence-corrected chi connectivity index (χ3v) is 4.96. The molecule has 3 fully saturated rings. The first-order chi connectivity index (χ1) is 9.99. The van der Waals surface area contributed by atoms with Gasteiger partial charge < -0.3 is 14.9 Å². The number of carbonyl (C=O) groups excluding carboxylic acids is 2. The summed E-state index contributed by atoms with van der Waals surface area (Å²) in [7, 11) is 0. The predicted molar refractivity (Wildman–Crippen MR) is 74.4 cm³/mol. The van der Waals surface area contributed by atoms with Gasteiger partial charge in [-0.05, 0) is 31.6 Å². The van der Waals surface area contributed by atoms with E-state index in [9.17, 15) is 19.5 Å². The van der Waals surface area contributed by atoms with Crippen molar-refractivity contribution in [2.75, 3.05) is 13.1 Å². The lowest BCUT2D eigenvalue weighted by molar-refractivity contribution is -0.156. The van der Waals surface area contributed by atoms with Gasteiger partial charge in [0.2, 0.25) is 11.8 Å². The second-order valence-electron chi connectivity index (χ2n) is 6.61. The molecule has 1 aliphatic carbocycles. The highest BCUT2D eigenvalue weighted by Crippen LogP contribution is 2.34. The number of carboxylic acids is 1. The molecule has 116 valence electrons. The highest BCUT2D eigenvalue weighted by atomic mass is 16.4. The van der Waals surface area contributed by atoms with Crippen LogP contribution in [0.5, 0.6) is 0 Å². The van der Waals surface area contributed by atoms with E-state index in [1.165, 1.54) is 4.90 Å². The molecular formula is C15H22N2O4. The van der Waals surface area contributed by atoms with Crippen LogP contribution in [0.15, 0.2) is 0 Å². The van der Waals surface area contributed by atoms with Crippen LogP contribution in [0.1, 0.15) is 39.0 Å². The highest BCUT2D eigenvalue weighted by molar-refractivity contribution is 5.91. The maximum Gasteiger partial charge on any atom is 0.326 e. The zero-order valence-electron chi connectivity index (χ0n) is 12.3. The Kier molecular flexibility index (Phi) is 3.63. The van der Waals surface area contributed by atoms with Crippen molar-refractivity contribution < 1.29 is 19.5 Å². The average Bonchev–Trinajstić information content (AvgIpc) is 3.20. The fraction of sp³-hybridized carbons (Fsp3) is 0.800. The Morgan fingerprint density at radius 2 is 1.95 bits per heavy atom. The van der Waals surface area contributed by atoms with Crippen molar-refractivity contribution in [2.24, 2.45) is 11.8 Å². The molecule has 21 heavy (non-hydrogen) atoms. The van der Waals surface area contributed by atoms with Gasteiger partial charge in [0, 0.05) is 25.6 Å². The van der Waals surface area contributed by atoms with Crippen LogP contribution >= 0.6 is 0 Å². The summed E-state index contributed by atoms with van der Waals surface area (Å²) in [4.78, 5) is 39.4. The summed E-state index contributed by atoms with van der Waals surface area (Å²) < 4.78 is 0. The molecule has 0 aromatic rings. The minimum atomic E-state index is -0.932. The lowest BCUT2D eigenvalue weighted by Gasteiger charge is -2.38. The maximum atomic E-state index is 12.7. The summed E-state index contributed by atoms with van der Waals surface area (Å²) in [5.41, 5.74) is 0. The third kappa shape index (κ3) is 2.63. The molecule has 0 bridgehead atoms. The van der Waals surface area contributed by atoms with Gasteiger partial charge in [0.1, 0.15) is 6.04 Å². The van der Waals surface area contributed by atoms with Crippen LogP contribution in [0.25, 0.3) is 0 Å². The van der Waals surface area contributed by atoms with E-state index in [-0.39, 0.29) is 30.1 Å². The Balaban J connectivity index is 1.71. The molecule has 0 radical (unpaired) electrons. The summed E-state index contributed by atoms with van der Waals surface area (Å²) >= 11 is 0. The van der Waals surface area contributed by atoms with Crippen molar-refractivity contribution in [1.82, 2.24) is 9.80 Å². The number of amides is 2. The van der Waals surface area contributed by atoms with Crippen LogP contribution in [0.3, 0.4) is 0 Å². The molecule has 1 saturated carbocycles. The SMILES string of the molecule is CC1CCCN(C(=O)C2CC(=O)N(C3CC3)C2)C1C(=O)O. The lowest BCUT2D eigenvalue weighted by Crippen LogP contribution is -2.53. The Bertz CT molecular complexity index is 474. The van der Waals surface area contributed by atoms with E-state index < -0.39 is 12.0 Å². The van der Waals surface area contributed by atoms with E-state index >= 15 is 0 Å². The number of nitrogens with zero attached hydrogens (tertiary/aromatic N) is 2. The zero-order chi connectivity index (χ0) is 15.1. The maximum absolute atomic E-state index is 12.7. The van der Waals surface area contributed by atoms with Crippen LogP contribution in [0, 0.1) is 11.8 Å². The van der Waals surface area contributed by atoms with Gasteiger partial charge in [0.05, 0.1) is 5.92 Å². The molecule has 6 heteroatoms. The molecule has 1 N–H and O–H groups in total. The molecule has 3 aliphatic rings. The van der Waals surface area contributed by atoms with Gasteiger partial charge in [-0.2, -0.15) is 0 Å². The van der Waals surface area contributed by atoms with Crippen molar-refractivity contribution in [1.29, 1.82) is 0 Å². The van der Waals surface area contributed by atoms with E-state index in [4.69, 9.17) is 0 Å². The lowest BCUT2D eigenvalue weighted by atomic mass is 9.89. The van der Waals surface area contributed by atoms with E-state index in [1.54, 1.807) is 0 Å². The van der Waals surface area contributed by atoms with Gasteiger partial charge in [-0.15, -0.1) is 0 Å². The first kappa shape index (κ1) is 14.4. The van der Waals surface area contributed by atoms with Gasteiger partial charge in [0.25, 0.3) is 0 Å². The van der Waals surface area contributed by atoms with E-state index in [0.29, 0.717) is 19.1 Å². The number of rotatable bonds is 3. The van der Waals surface area contributed by atoms with Gasteiger partial charge in [-0.25, -0.2) is 4.79 Å². The highest BCUT2D eigenvalue weighted by Gasteiger charge is 2.45. The number of carbonyl (C=O) groups is 3. The van der Waals surface area contributed by atoms with Crippen molar-refractivity contribution in [3.8, 4) is 0 Å². The summed E-state index contributed by atoms with van der Waals surface area (Å²) in [5.74, 6) is -1.42. The molecule has 0 aromatic carbocycles. The molecule has 2 amide bonds. The molecule has 2 aliphatic heterocycles. The number of hydrogen-bond donors (Lipinski definition) is 1. The molecule has 3 rings (SSSR count). The molecule has 2 heterocycles. The Hall–Kier alpha value is -1.59. The standard InChI is InChI=1S/C15H22N2O4/c1-9-3-2-6-16(13(9)15(20)21)14(19)10-7-12(18)17(8-10)11-4-5-11/h9-11,13H,2-8H2,1H3,(H,20,21). The quantitative estimate of drug-likeness (QED) is 0.831. The molecule has 2 saturated heterocycles. The topological polar surface area (TPSA) is 77.9 Å². The smallest absolute Gasteiger partial charge is 0.326 e. The minimum Gasteiger partial charge on any atom is -0.480 e. The first-order valence-electron chi connectivity index (χ1n) is 7.81. The van der Waals surface area contributed by atoms with Gasteiger partial charge >= 0.3 is 5.97 Å². The van der Waals surface area contributed by atoms with Gasteiger partial charge in [-0.3, -0.25) is 9.59 Å². The van der Waals surface area contributed by atoms with Crippen LogP contribution in [-0.2, 0) is 14.4 Å². The van der Waals surface area contributed by atoms with Crippen molar-refractivity contribution in [2.45, 2.75) is 51.1 Å². The summed E-state index contributed by atoms with van der Waals surface area (Å²) in [6.07, 6.45) is 3.98. The molecular weight excluding hydrogens is 272 g/mol. The first-order valence-corrected chi connectivity index (χ1v) is 7.81. The average molecular weight is 294 g/mol. The molecule has 0 spiro atoms. The molecule has 3 atom stereocenters. The van der Waals surface area contributed by atoms with Crippen molar-refractivity contribution in [3.05, 3.63) is 0 Å². The fourth-order valence-electron chi connectivity index (χ4n) is 3.68. The van der Waals surface area contributed by atoms with Crippen LogP contribution < -0.4 is 0 Å². The second-order valence-corrected chi connectivity index (χ2v) is 6.61. The Morgan fingerprint density at radius 3 is 2.57 bits per heavy atom. The van der Waals surface area contributed by atoms with Crippen LogP contribution in [0.2, 0.25) is 0 Å². The third-order valence-electron chi connectivity index (χ3n) is 4.96. The molecule has 6 nitrogen and oxygen atoms in total. The van der Waals surface area contributed by atoms with Gasteiger partial charge in [0.15, 0.2) is 0 Å². The summed E-state index contributed by atoms with van der Waals surface area (Å²) in [5, 5.41) is 9.40. The van der Waals surface area contributed by atoms with Crippen molar-refractivity contribution in [3.63, 3.8) is 0 Å². The monoisotopic (exact) mass is 294 g/mol. The van der Waals surface area contributed by atoms with Crippen LogP contribution in [-0.4, -0.2) is 57.9 Å². The Morgan fingerprint density at radius 1 is 1.24 bits per heavy atom. The predicted octanol–water partition coefficient (Wildman–Crippen LogP) is 0.709. The Labute approximate surface area is 124 Å². The normalized spacial score (nSPS) is 33.4. The number of aliphatic carboxylic acids is 1. The molecule has 0 aromatic heterocycles. The van der Waals surface area contributed by atoms with Crippen LogP contribution in [0.4, 0.5) is 0 Å².